The van der Waals surface area contributed by atoms with Gasteiger partial charge in [-0.25, -0.2) is 4.79 Å². The van der Waals surface area contributed by atoms with Crippen LogP contribution in [0.1, 0.15) is 31.4 Å². The second-order valence-corrected chi connectivity index (χ2v) is 5.81. The summed E-state index contributed by atoms with van der Waals surface area (Å²) in [7, 11) is 0. The van der Waals surface area contributed by atoms with Gasteiger partial charge in [0, 0.05) is 12.2 Å². The van der Waals surface area contributed by atoms with E-state index in [9.17, 15) is 9.59 Å². The zero-order chi connectivity index (χ0) is 14.5. The van der Waals surface area contributed by atoms with E-state index in [-0.39, 0.29) is 24.0 Å². The number of carbonyl (C=O) groups is 2. The summed E-state index contributed by atoms with van der Waals surface area (Å²) >= 11 is 1.66. The summed E-state index contributed by atoms with van der Waals surface area (Å²) < 4.78 is 0. The van der Waals surface area contributed by atoms with Crippen molar-refractivity contribution in [2.45, 2.75) is 31.8 Å². The minimum Gasteiger partial charge on any atom is -0.331 e. The zero-order valence-electron chi connectivity index (χ0n) is 11.8. The minimum absolute atomic E-state index is 0.0470. The average molecular weight is 292 g/mol. The second-order valence-electron chi connectivity index (χ2n) is 4.90. The highest BCUT2D eigenvalue weighted by atomic mass is 32.2. The summed E-state index contributed by atoms with van der Waals surface area (Å²) in [4.78, 5) is 25.2. The van der Waals surface area contributed by atoms with Crippen LogP contribution in [-0.4, -0.2) is 34.9 Å². The fourth-order valence-corrected chi connectivity index (χ4v) is 3.06. The summed E-state index contributed by atoms with van der Waals surface area (Å²) in [6, 6.07) is 9.57. The van der Waals surface area contributed by atoms with Gasteiger partial charge < -0.3 is 5.32 Å². The molecule has 0 unspecified atom stereocenters. The van der Waals surface area contributed by atoms with Crippen LogP contribution in [0.4, 0.5) is 4.79 Å². The molecule has 1 aromatic carbocycles. The number of rotatable bonds is 5. The van der Waals surface area contributed by atoms with Crippen LogP contribution >= 0.6 is 11.8 Å². The fraction of sp³-hybridized carbons (Fsp3) is 0.467. The van der Waals surface area contributed by atoms with Crippen LogP contribution in [0.5, 0.6) is 0 Å². The lowest BCUT2D eigenvalue weighted by Crippen LogP contribution is -2.60. The van der Waals surface area contributed by atoms with Crippen molar-refractivity contribution in [3.05, 3.63) is 35.9 Å². The molecule has 4 nitrogen and oxygen atoms in total. The molecule has 1 N–H and O–H groups in total. The number of hydrogen-bond acceptors (Lipinski definition) is 3. The first-order chi connectivity index (χ1) is 9.67. The number of nitrogens with zero attached hydrogens (tertiary/aromatic N) is 1. The van der Waals surface area contributed by atoms with E-state index in [1.165, 1.54) is 4.90 Å². The minimum atomic E-state index is -0.268. The van der Waals surface area contributed by atoms with Crippen LogP contribution in [-0.2, 0) is 4.79 Å². The fourth-order valence-electron chi connectivity index (χ4n) is 2.41. The number of carbonyl (C=O) groups excluding carboxylic acids is 2. The quantitative estimate of drug-likeness (QED) is 0.849. The summed E-state index contributed by atoms with van der Waals surface area (Å²) in [5.41, 5.74) is 1.07. The zero-order valence-corrected chi connectivity index (χ0v) is 12.7. The van der Waals surface area contributed by atoms with Gasteiger partial charge >= 0.3 is 6.03 Å². The highest BCUT2D eigenvalue weighted by Crippen LogP contribution is 2.24. The molecule has 1 fully saturated rings. The lowest BCUT2D eigenvalue weighted by atomic mass is 10.0. The van der Waals surface area contributed by atoms with Gasteiger partial charge in [0.25, 0.3) is 0 Å². The Bertz CT molecular complexity index is 478. The monoisotopic (exact) mass is 292 g/mol. The van der Waals surface area contributed by atoms with Crippen molar-refractivity contribution in [2.24, 2.45) is 0 Å². The third kappa shape index (κ3) is 3.15. The molecule has 108 valence electrons. The van der Waals surface area contributed by atoms with Gasteiger partial charge in [-0.05, 0) is 18.2 Å². The second kappa shape index (κ2) is 6.79. The Kier molecular flexibility index (Phi) is 5.06. The lowest BCUT2D eigenvalue weighted by Gasteiger charge is -2.39. The molecule has 5 heteroatoms. The number of thioether (sulfide) groups is 1. The van der Waals surface area contributed by atoms with Crippen LogP contribution in [0, 0.1) is 0 Å². The van der Waals surface area contributed by atoms with Gasteiger partial charge in [-0.1, -0.05) is 37.3 Å². The van der Waals surface area contributed by atoms with Gasteiger partial charge in [0.2, 0.25) is 5.91 Å². The van der Waals surface area contributed by atoms with Crippen LogP contribution in [0.2, 0.25) is 0 Å². The number of imide groups is 1. The Morgan fingerprint density at radius 2 is 2.15 bits per heavy atom. The molecule has 2 rings (SSSR count). The molecule has 0 radical (unpaired) electrons. The molecule has 0 aromatic heterocycles. The molecule has 0 bridgehead atoms. The SMILES string of the molecule is CC[C@@H](NC(=O)N1C(=O)C[C@@H]1CSC)c1ccccc1. The van der Waals surface area contributed by atoms with Crippen LogP contribution in [0.25, 0.3) is 0 Å². The maximum atomic E-state index is 12.2. The van der Waals surface area contributed by atoms with Crippen LogP contribution < -0.4 is 5.32 Å². The van der Waals surface area contributed by atoms with Gasteiger partial charge in [-0.3, -0.25) is 9.69 Å². The molecule has 0 spiro atoms. The Morgan fingerprint density at radius 1 is 1.45 bits per heavy atom. The number of β-lactam (4-membered cyclic amide) rings is 1. The van der Waals surface area contributed by atoms with Crippen molar-refractivity contribution in [3.8, 4) is 0 Å². The summed E-state index contributed by atoms with van der Waals surface area (Å²) in [6.07, 6.45) is 3.26. The van der Waals surface area contributed by atoms with Gasteiger partial charge in [-0.15, -0.1) is 0 Å². The molecule has 1 saturated heterocycles. The largest absolute Gasteiger partial charge is 0.331 e. The predicted octanol–water partition coefficient (Wildman–Crippen LogP) is 2.81. The molecule has 1 aromatic rings. The number of urea groups is 1. The van der Waals surface area contributed by atoms with E-state index in [4.69, 9.17) is 0 Å². The van der Waals surface area contributed by atoms with Crippen LogP contribution in [0.3, 0.4) is 0 Å². The summed E-state index contributed by atoms with van der Waals surface area (Å²) in [6.45, 7) is 2.02. The number of benzene rings is 1. The van der Waals surface area contributed by atoms with E-state index in [0.29, 0.717) is 6.42 Å². The van der Waals surface area contributed by atoms with Gasteiger partial charge in [0.15, 0.2) is 0 Å². The molecular formula is C15H20N2O2S. The van der Waals surface area contributed by atoms with Crippen molar-refractivity contribution in [1.29, 1.82) is 0 Å². The topological polar surface area (TPSA) is 49.4 Å². The van der Waals surface area contributed by atoms with E-state index in [1.54, 1.807) is 11.8 Å². The number of hydrogen-bond donors (Lipinski definition) is 1. The number of amides is 3. The smallest absolute Gasteiger partial charge is 0.324 e. The first kappa shape index (κ1) is 14.9. The molecule has 2 atom stereocenters. The van der Waals surface area contributed by atoms with Crippen molar-refractivity contribution >= 4 is 23.7 Å². The van der Waals surface area contributed by atoms with Crippen molar-refractivity contribution < 1.29 is 9.59 Å². The molecule has 0 aliphatic carbocycles. The third-order valence-electron chi connectivity index (χ3n) is 3.53. The Hall–Kier alpha value is -1.49. The highest BCUT2D eigenvalue weighted by Gasteiger charge is 2.40. The first-order valence-electron chi connectivity index (χ1n) is 6.83. The van der Waals surface area contributed by atoms with Crippen molar-refractivity contribution in [2.75, 3.05) is 12.0 Å². The van der Waals surface area contributed by atoms with Crippen molar-refractivity contribution in [1.82, 2.24) is 10.2 Å². The Morgan fingerprint density at radius 3 is 2.70 bits per heavy atom. The molecule has 1 heterocycles. The normalized spacial score (nSPS) is 19.4. The standard InChI is InChI=1S/C15H20N2O2S/c1-3-13(11-7-5-4-6-8-11)16-15(19)17-12(10-20-2)9-14(17)18/h4-8,12-13H,3,9-10H2,1-2H3,(H,16,19)/t12-,13-/m1/s1. The van der Waals surface area contributed by atoms with E-state index in [0.717, 1.165) is 17.7 Å². The Labute approximate surface area is 123 Å². The molecule has 3 amide bonds. The average Bonchev–Trinajstić information content (AvgIpc) is 2.45. The predicted molar refractivity (Wildman–Crippen MR) is 81.6 cm³/mol. The lowest BCUT2D eigenvalue weighted by molar-refractivity contribution is -0.139. The van der Waals surface area contributed by atoms with E-state index in [1.807, 2.05) is 43.5 Å². The van der Waals surface area contributed by atoms with Gasteiger partial charge in [0.05, 0.1) is 12.1 Å². The highest BCUT2D eigenvalue weighted by molar-refractivity contribution is 7.98. The van der Waals surface area contributed by atoms with Crippen molar-refractivity contribution in [3.63, 3.8) is 0 Å². The maximum Gasteiger partial charge on any atom is 0.324 e. The Balaban J connectivity index is 2.01. The van der Waals surface area contributed by atoms with E-state index < -0.39 is 0 Å². The summed E-state index contributed by atoms with van der Waals surface area (Å²) in [5, 5.41) is 2.96. The van der Waals surface area contributed by atoms with Crippen LogP contribution in [0.15, 0.2) is 30.3 Å². The number of nitrogens with one attached hydrogen (secondary N) is 1. The van der Waals surface area contributed by atoms with E-state index >= 15 is 0 Å². The van der Waals surface area contributed by atoms with Gasteiger partial charge in [-0.2, -0.15) is 11.8 Å². The molecule has 1 aliphatic heterocycles. The van der Waals surface area contributed by atoms with Gasteiger partial charge in [0.1, 0.15) is 0 Å². The maximum absolute atomic E-state index is 12.2. The first-order valence-corrected chi connectivity index (χ1v) is 8.23. The third-order valence-corrected chi connectivity index (χ3v) is 4.25. The molecule has 0 saturated carbocycles. The number of likely N-dealkylation sites (tertiary alicyclic amines) is 1. The molecule has 1 aliphatic rings. The molecular weight excluding hydrogens is 272 g/mol. The molecule has 20 heavy (non-hydrogen) atoms. The van der Waals surface area contributed by atoms with E-state index in [2.05, 4.69) is 5.32 Å². The summed E-state index contributed by atoms with van der Waals surface area (Å²) in [5.74, 6) is 0.728.